The van der Waals surface area contributed by atoms with Crippen LogP contribution < -0.4 is 5.32 Å². The summed E-state index contributed by atoms with van der Waals surface area (Å²) in [6, 6.07) is 1.38. The lowest BCUT2D eigenvalue weighted by Gasteiger charge is -2.02. The molecule has 2 heterocycles. The molecule has 2 aromatic heterocycles. The first-order valence-corrected chi connectivity index (χ1v) is 6.93. The van der Waals surface area contributed by atoms with Gasteiger partial charge in [0.2, 0.25) is 0 Å². The van der Waals surface area contributed by atoms with Gasteiger partial charge in [-0.05, 0) is 34.8 Å². The van der Waals surface area contributed by atoms with Crippen molar-refractivity contribution in [2.24, 2.45) is 0 Å². The summed E-state index contributed by atoms with van der Waals surface area (Å²) >= 11 is 4.65. The van der Waals surface area contributed by atoms with E-state index in [2.05, 4.69) is 31.2 Å². The number of anilines is 2. The second kappa shape index (κ2) is 4.34. The van der Waals surface area contributed by atoms with Crippen LogP contribution in [0.15, 0.2) is 22.1 Å². The number of nitrogens with one attached hydrogen (secondary N) is 1. The number of hydrogen-bond donors (Lipinski definition) is 1. The summed E-state index contributed by atoms with van der Waals surface area (Å²) < 4.78 is 14.2. The molecule has 88 valence electrons. The molecule has 1 N–H and O–H groups in total. The molecule has 0 saturated heterocycles. The largest absolute Gasteiger partial charge is 0.314 e. The fraction of sp³-hybridized carbons (Fsp3) is 0.273. The molecule has 0 aromatic carbocycles. The Morgan fingerprint density at radius 2 is 2.29 bits per heavy atom. The van der Waals surface area contributed by atoms with Crippen LogP contribution in [-0.4, -0.2) is 9.97 Å². The molecule has 6 heteroatoms. The van der Waals surface area contributed by atoms with E-state index >= 15 is 0 Å². The molecule has 0 bridgehead atoms. The zero-order valence-electron chi connectivity index (χ0n) is 8.78. The van der Waals surface area contributed by atoms with Crippen LogP contribution in [0.1, 0.15) is 24.5 Å². The summed E-state index contributed by atoms with van der Waals surface area (Å²) in [6.45, 7) is 0. The third-order valence-corrected chi connectivity index (χ3v) is 3.76. The number of hydrogen-bond acceptors (Lipinski definition) is 4. The maximum Gasteiger partial charge on any atom is 0.188 e. The number of aromatic nitrogens is 2. The van der Waals surface area contributed by atoms with Gasteiger partial charge in [0.05, 0.1) is 5.69 Å². The summed E-state index contributed by atoms with van der Waals surface area (Å²) in [4.78, 5) is 8.40. The van der Waals surface area contributed by atoms with Gasteiger partial charge in [-0.15, -0.1) is 11.3 Å². The van der Waals surface area contributed by atoms with E-state index in [1.54, 1.807) is 6.20 Å². The molecular formula is C11H9BrFN3S. The zero-order valence-corrected chi connectivity index (χ0v) is 11.2. The van der Waals surface area contributed by atoms with Gasteiger partial charge in [0.1, 0.15) is 0 Å². The van der Waals surface area contributed by atoms with Crippen LogP contribution >= 0.6 is 27.3 Å². The predicted molar refractivity (Wildman–Crippen MR) is 69.3 cm³/mol. The van der Waals surface area contributed by atoms with E-state index in [1.165, 1.54) is 30.2 Å². The molecule has 1 saturated carbocycles. The van der Waals surface area contributed by atoms with Crippen LogP contribution in [0.2, 0.25) is 0 Å². The fourth-order valence-electron chi connectivity index (χ4n) is 1.52. The second-order valence-electron chi connectivity index (χ2n) is 3.96. The summed E-state index contributed by atoms with van der Waals surface area (Å²) in [5, 5.41) is 5.62. The molecular weight excluding hydrogens is 305 g/mol. The van der Waals surface area contributed by atoms with Crippen molar-refractivity contribution in [1.29, 1.82) is 0 Å². The van der Waals surface area contributed by atoms with Crippen molar-refractivity contribution >= 4 is 38.2 Å². The van der Waals surface area contributed by atoms with Gasteiger partial charge in [0, 0.05) is 22.0 Å². The highest BCUT2D eigenvalue weighted by Gasteiger charge is 2.26. The minimum Gasteiger partial charge on any atom is -0.314 e. The van der Waals surface area contributed by atoms with Crippen LogP contribution in [-0.2, 0) is 0 Å². The first-order chi connectivity index (χ1) is 8.22. The van der Waals surface area contributed by atoms with Gasteiger partial charge < -0.3 is 5.32 Å². The smallest absolute Gasteiger partial charge is 0.188 e. The number of rotatable bonds is 3. The molecule has 3 nitrogen and oxygen atoms in total. The van der Waals surface area contributed by atoms with Crippen LogP contribution in [0.25, 0.3) is 0 Å². The van der Waals surface area contributed by atoms with Gasteiger partial charge in [-0.2, -0.15) is 0 Å². The van der Waals surface area contributed by atoms with Gasteiger partial charge in [0.15, 0.2) is 16.8 Å². The zero-order chi connectivity index (χ0) is 11.8. The Hall–Kier alpha value is -1.01. The molecule has 0 radical (unpaired) electrons. The molecule has 1 aliphatic rings. The minimum atomic E-state index is -0.387. The average Bonchev–Trinajstić information content (AvgIpc) is 3.04. The number of pyridine rings is 1. The molecule has 1 aliphatic carbocycles. The first-order valence-electron chi connectivity index (χ1n) is 5.26. The number of nitrogens with zero attached hydrogens (tertiary/aromatic N) is 2. The van der Waals surface area contributed by atoms with E-state index in [9.17, 15) is 4.39 Å². The summed E-state index contributed by atoms with van der Waals surface area (Å²) in [6.07, 6.45) is 3.99. The first kappa shape index (κ1) is 11.1. The van der Waals surface area contributed by atoms with E-state index < -0.39 is 0 Å². The Kier molecular flexibility index (Phi) is 2.84. The molecule has 17 heavy (non-hydrogen) atoms. The normalized spacial score (nSPS) is 14.9. The Morgan fingerprint density at radius 3 is 3.00 bits per heavy atom. The predicted octanol–water partition coefficient (Wildman–Crippen LogP) is 4.06. The highest BCUT2D eigenvalue weighted by atomic mass is 79.9. The Balaban J connectivity index is 1.80. The molecule has 0 unspecified atom stereocenters. The molecule has 0 spiro atoms. The molecule has 2 aromatic rings. The Labute approximate surface area is 110 Å². The topological polar surface area (TPSA) is 37.8 Å². The van der Waals surface area contributed by atoms with Gasteiger partial charge in [0.25, 0.3) is 0 Å². The second-order valence-corrected chi connectivity index (χ2v) is 5.73. The van der Waals surface area contributed by atoms with Crippen molar-refractivity contribution in [2.45, 2.75) is 18.8 Å². The molecule has 0 atom stereocenters. The third kappa shape index (κ3) is 2.47. The maximum atomic E-state index is 13.5. The lowest BCUT2D eigenvalue weighted by molar-refractivity contribution is 0.625. The standard InChI is InChI=1S/C11H9BrFN3S/c12-7-3-8(13)10(14-4-7)16-11-15-9(5-17-11)6-1-2-6/h3-6H,1-2H2,(H,14,15,16). The molecule has 0 aliphatic heterocycles. The van der Waals surface area contributed by atoms with E-state index in [1.807, 2.05) is 5.38 Å². The van der Waals surface area contributed by atoms with Crippen molar-refractivity contribution < 1.29 is 4.39 Å². The maximum absolute atomic E-state index is 13.5. The van der Waals surface area contributed by atoms with Crippen molar-refractivity contribution in [3.8, 4) is 0 Å². The molecule has 1 fully saturated rings. The van der Waals surface area contributed by atoms with Gasteiger partial charge in [-0.25, -0.2) is 14.4 Å². The minimum absolute atomic E-state index is 0.213. The lowest BCUT2D eigenvalue weighted by atomic mass is 10.3. The van der Waals surface area contributed by atoms with E-state index in [4.69, 9.17) is 0 Å². The SMILES string of the molecule is Fc1cc(Br)cnc1Nc1nc(C2CC2)cs1. The van der Waals surface area contributed by atoms with Crippen LogP contribution in [0.4, 0.5) is 15.3 Å². The highest BCUT2D eigenvalue weighted by molar-refractivity contribution is 9.10. The third-order valence-electron chi connectivity index (χ3n) is 2.55. The summed E-state index contributed by atoms with van der Waals surface area (Å²) in [5.41, 5.74) is 1.11. The van der Waals surface area contributed by atoms with Crippen LogP contribution in [0.3, 0.4) is 0 Å². The van der Waals surface area contributed by atoms with Crippen molar-refractivity contribution in [2.75, 3.05) is 5.32 Å². The highest BCUT2D eigenvalue weighted by Crippen LogP contribution is 2.41. The summed E-state index contributed by atoms with van der Waals surface area (Å²) in [5.74, 6) is 0.442. The fourth-order valence-corrected chi connectivity index (χ4v) is 2.61. The Morgan fingerprint density at radius 1 is 1.47 bits per heavy atom. The monoisotopic (exact) mass is 313 g/mol. The lowest BCUT2D eigenvalue weighted by Crippen LogP contribution is -1.96. The van der Waals surface area contributed by atoms with Gasteiger partial charge >= 0.3 is 0 Å². The van der Waals surface area contributed by atoms with E-state index in [0.717, 1.165) is 5.69 Å². The number of thiazole rings is 1. The number of halogens is 2. The van der Waals surface area contributed by atoms with Crippen molar-refractivity contribution in [3.63, 3.8) is 0 Å². The molecule has 0 amide bonds. The van der Waals surface area contributed by atoms with Crippen LogP contribution in [0.5, 0.6) is 0 Å². The summed E-state index contributed by atoms with van der Waals surface area (Å²) in [7, 11) is 0. The quantitative estimate of drug-likeness (QED) is 0.928. The van der Waals surface area contributed by atoms with E-state index in [-0.39, 0.29) is 11.6 Å². The van der Waals surface area contributed by atoms with Crippen LogP contribution in [0, 0.1) is 5.82 Å². The van der Waals surface area contributed by atoms with Gasteiger partial charge in [-0.1, -0.05) is 0 Å². The Bertz CT molecular complexity index is 553. The molecule has 3 rings (SSSR count). The van der Waals surface area contributed by atoms with Crippen molar-refractivity contribution in [3.05, 3.63) is 33.6 Å². The van der Waals surface area contributed by atoms with E-state index in [0.29, 0.717) is 15.5 Å². The van der Waals surface area contributed by atoms with Crippen molar-refractivity contribution in [1.82, 2.24) is 9.97 Å². The van der Waals surface area contributed by atoms with Gasteiger partial charge in [-0.3, -0.25) is 0 Å². The average molecular weight is 314 g/mol.